The lowest BCUT2D eigenvalue weighted by Crippen LogP contribution is -2.36. The molecule has 174 valence electrons. The van der Waals surface area contributed by atoms with Crippen LogP contribution >= 0.6 is 0 Å². The van der Waals surface area contributed by atoms with Crippen LogP contribution in [0.15, 0.2) is 71.9 Å². The highest BCUT2D eigenvalue weighted by Gasteiger charge is 2.17. The lowest BCUT2D eigenvalue weighted by molar-refractivity contribution is 0.0341. The average Bonchev–Trinajstić information content (AvgIpc) is 2.86. The van der Waals surface area contributed by atoms with Crippen molar-refractivity contribution in [3.63, 3.8) is 0 Å². The molecule has 0 aliphatic carbocycles. The van der Waals surface area contributed by atoms with Crippen LogP contribution in [0.3, 0.4) is 0 Å². The Balaban J connectivity index is 1.49. The Morgan fingerprint density at radius 3 is 2.59 bits per heavy atom. The van der Waals surface area contributed by atoms with E-state index >= 15 is 0 Å². The van der Waals surface area contributed by atoms with E-state index in [0.29, 0.717) is 24.3 Å². The molecule has 34 heavy (non-hydrogen) atoms. The molecule has 0 unspecified atom stereocenters. The fourth-order valence-corrected chi connectivity index (χ4v) is 4.39. The van der Waals surface area contributed by atoms with Crippen molar-refractivity contribution < 1.29 is 9.13 Å². The SMILES string of the molecule is O=c1cc(CN(Cc2ccccc2CN2CCOCC2)c2cnccn2)c2cccc(F)c2[nH]1. The first kappa shape index (κ1) is 22.2. The molecule has 1 N–H and O–H groups in total. The molecular formula is C26H26FN5O2. The van der Waals surface area contributed by atoms with Gasteiger partial charge in [-0.2, -0.15) is 0 Å². The standard InChI is InChI=1S/C26H26FN5O2/c27-23-7-3-6-22-21(14-25(33)30-26(22)23)18-32(24-15-28-8-9-29-24)17-20-5-2-1-4-19(20)16-31-10-12-34-13-11-31/h1-9,14-15H,10-13,16-18H2,(H,30,33). The minimum absolute atomic E-state index is 0.219. The second-order valence-electron chi connectivity index (χ2n) is 8.40. The Morgan fingerprint density at radius 2 is 1.79 bits per heavy atom. The van der Waals surface area contributed by atoms with Crippen LogP contribution in [-0.4, -0.2) is 46.2 Å². The van der Waals surface area contributed by atoms with Crippen molar-refractivity contribution >= 4 is 16.7 Å². The number of aromatic amines is 1. The Labute approximate surface area is 196 Å². The van der Waals surface area contributed by atoms with Crippen molar-refractivity contribution in [1.29, 1.82) is 0 Å². The predicted molar refractivity (Wildman–Crippen MR) is 129 cm³/mol. The number of fused-ring (bicyclic) bond motifs is 1. The number of hydrogen-bond acceptors (Lipinski definition) is 6. The van der Waals surface area contributed by atoms with Crippen molar-refractivity contribution in [2.24, 2.45) is 0 Å². The maximum absolute atomic E-state index is 14.4. The van der Waals surface area contributed by atoms with Crippen molar-refractivity contribution in [3.8, 4) is 0 Å². The Kier molecular flexibility index (Phi) is 6.60. The number of morpholine rings is 1. The van der Waals surface area contributed by atoms with Crippen molar-refractivity contribution in [2.75, 3.05) is 31.2 Å². The van der Waals surface area contributed by atoms with E-state index in [1.165, 1.54) is 23.3 Å². The van der Waals surface area contributed by atoms with Crippen LogP contribution in [-0.2, 0) is 24.4 Å². The van der Waals surface area contributed by atoms with Gasteiger partial charge >= 0.3 is 0 Å². The minimum atomic E-state index is -0.446. The molecule has 0 amide bonds. The first-order valence-corrected chi connectivity index (χ1v) is 11.4. The molecule has 5 rings (SSSR count). The molecule has 0 radical (unpaired) electrons. The number of rotatable bonds is 7. The summed E-state index contributed by atoms with van der Waals surface area (Å²) in [5, 5.41) is 0.676. The molecule has 8 heteroatoms. The summed E-state index contributed by atoms with van der Waals surface area (Å²) in [5.74, 6) is 0.242. The molecule has 2 aromatic heterocycles. The maximum atomic E-state index is 14.4. The van der Waals surface area contributed by atoms with Crippen molar-refractivity contribution in [2.45, 2.75) is 19.6 Å². The molecule has 2 aromatic carbocycles. The zero-order chi connectivity index (χ0) is 23.3. The summed E-state index contributed by atoms with van der Waals surface area (Å²) in [6.45, 7) is 5.11. The smallest absolute Gasteiger partial charge is 0.248 e. The molecule has 4 aromatic rings. The van der Waals surface area contributed by atoms with Gasteiger partial charge in [-0.05, 0) is 22.8 Å². The maximum Gasteiger partial charge on any atom is 0.248 e. The molecule has 1 aliphatic heterocycles. The summed E-state index contributed by atoms with van der Waals surface area (Å²) in [6.07, 6.45) is 4.99. The number of benzene rings is 2. The second kappa shape index (κ2) is 10.1. The van der Waals surface area contributed by atoms with Gasteiger partial charge in [-0.25, -0.2) is 9.37 Å². The third-order valence-corrected chi connectivity index (χ3v) is 6.13. The van der Waals surface area contributed by atoms with Gasteiger partial charge in [0, 0.05) is 56.6 Å². The van der Waals surface area contributed by atoms with Crippen LogP contribution < -0.4 is 10.5 Å². The summed E-state index contributed by atoms with van der Waals surface area (Å²) in [5.41, 5.74) is 3.02. The van der Waals surface area contributed by atoms with Crippen LogP contribution in [0.4, 0.5) is 10.2 Å². The number of halogens is 1. The molecular weight excluding hydrogens is 433 g/mol. The van der Waals surface area contributed by atoms with Gasteiger partial charge < -0.3 is 14.6 Å². The van der Waals surface area contributed by atoms with Crippen LogP contribution in [0.5, 0.6) is 0 Å². The minimum Gasteiger partial charge on any atom is -0.379 e. The van der Waals surface area contributed by atoms with Gasteiger partial charge in [0.05, 0.1) is 24.9 Å². The van der Waals surface area contributed by atoms with Gasteiger partial charge in [0.2, 0.25) is 5.56 Å². The van der Waals surface area contributed by atoms with E-state index in [9.17, 15) is 9.18 Å². The van der Waals surface area contributed by atoms with Gasteiger partial charge in [0.25, 0.3) is 0 Å². The van der Waals surface area contributed by atoms with E-state index in [-0.39, 0.29) is 11.1 Å². The second-order valence-corrected chi connectivity index (χ2v) is 8.40. The number of nitrogens with one attached hydrogen (secondary N) is 1. The number of hydrogen-bond donors (Lipinski definition) is 1. The third kappa shape index (κ3) is 4.98. The molecule has 1 fully saturated rings. The molecule has 1 aliphatic rings. The zero-order valence-electron chi connectivity index (χ0n) is 18.8. The van der Waals surface area contributed by atoms with E-state index < -0.39 is 5.82 Å². The molecule has 0 atom stereocenters. The lowest BCUT2D eigenvalue weighted by Gasteiger charge is -2.29. The predicted octanol–water partition coefficient (Wildman–Crippen LogP) is 3.50. The Bertz CT molecular complexity index is 1320. The van der Waals surface area contributed by atoms with Gasteiger partial charge in [-0.1, -0.05) is 36.4 Å². The molecule has 0 spiro atoms. The normalized spacial score (nSPS) is 14.4. The number of anilines is 1. The summed E-state index contributed by atoms with van der Waals surface area (Å²) in [7, 11) is 0. The molecule has 7 nitrogen and oxygen atoms in total. The first-order chi connectivity index (χ1) is 16.7. The Hall–Kier alpha value is -3.62. The summed E-state index contributed by atoms with van der Waals surface area (Å²) in [4.78, 5) is 28.2. The first-order valence-electron chi connectivity index (χ1n) is 11.4. The van der Waals surface area contributed by atoms with E-state index in [1.807, 2.05) is 12.1 Å². The zero-order valence-corrected chi connectivity index (χ0v) is 18.8. The van der Waals surface area contributed by atoms with Crippen LogP contribution in [0.1, 0.15) is 16.7 Å². The summed E-state index contributed by atoms with van der Waals surface area (Å²) < 4.78 is 19.9. The van der Waals surface area contributed by atoms with E-state index in [0.717, 1.165) is 38.4 Å². The highest BCUT2D eigenvalue weighted by Crippen LogP contribution is 2.24. The number of para-hydroxylation sites is 1. The molecule has 0 bridgehead atoms. The Morgan fingerprint density at radius 1 is 1.00 bits per heavy atom. The lowest BCUT2D eigenvalue weighted by atomic mass is 10.0. The summed E-state index contributed by atoms with van der Waals surface area (Å²) in [6, 6.07) is 14.7. The number of ether oxygens (including phenoxy) is 1. The monoisotopic (exact) mass is 459 g/mol. The topological polar surface area (TPSA) is 74.3 Å². The fourth-order valence-electron chi connectivity index (χ4n) is 4.39. The van der Waals surface area contributed by atoms with Crippen LogP contribution in [0, 0.1) is 5.82 Å². The molecule has 0 saturated carbocycles. The van der Waals surface area contributed by atoms with E-state index in [4.69, 9.17) is 4.74 Å². The number of H-pyrrole nitrogens is 1. The molecule has 1 saturated heterocycles. The van der Waals surface area contributed by atoms with Crippen molar-refractivity contribution in [3.05, 3.63) is 100.0 Å². The third-order valence-electron chi connectivity index (χ3n) is 6.13. The quantitative estimate of drug-likeness (QED) is 0.456. The summed E-state index contributed by atoms with van der Waals surface area (Å²) >= 11 is 0. The van der Waals surface area contributed by atoms with E-state index in [2.05, 4.69) is 43.0 Å². The fraction of sp³-hybridized carbons (Fsp3) is 0.269. The van der Waals surface area contributed by atoms with Gasteiger partial charge in [0.1, 0.15) is 11.6 Å². The average molecular weight is 460 g/mol. The van der Waals surface area contributed by atoms with Crippen molar-refractivity contribution in [1.82, 2.24) is 19.9 Å². The highest BCUT2D eigenvalue weighted by molar-refractivity contribution is 5.82. The highest BCUT2D eigenvalue weighted by atomic mass is 19.1. The van der Waals surface area contributed by atoms with Gasteiger partial charge in [-0.15, -0.1) is 0 Å². The number of nitrogens with zero attached hydrogens (tertiary/aromatic N) is 4. The largest absolute Gasteiger partial charge is 0.379 e. The molecule has 3 heterocycles. The van der Waals surface area contributed by atoms with Crippen LogP contribution in [0.25, 0.3) is 10.9 Å². The van der Waals surface area contributed by atoms with Gasteiger partial charge in [0.15, 0.2) is 0 Å². The van der Waals surface area contributed by atoms with E-state index in [1.54, 1.807) is 24.7 Å². The number of aromatic nitrogens is 3. The van der Waals surface area contributed by atoms with Crippen LogP contribution in [0.2, 0.25) is 0 Å². The van der Waals surface area contributed by atoms with Gasteiger partial charge in [-0.3, -0.25) is 14.7 Å². The number of pyridine rings is 1.